The Balaban J connectivity index is 1.97. The number of nitrogens with zero attached hydrogens (tertiary/aromatic N) is 2. The molecule has 0 fully saturated rings. The molecule has 2 aromatic rings. The van der Waals surface area contributed by atoms with Gasteiger partial charge in [-0.3, -0.25) is 4.79 Å². The molecule has 0 unspecified atom stereocenters. The van der Waals surface area contributed by atoms with Gasteiger partial charge in [-0.25, -0.2) is 9.97 Å². The molecule has 0 aliphatic carbocycles. The molecule has 1 aromatic heterocycles. The number of fused-ring (bicyclic) bond motifs is 1. The van der Waals surface area contributed by atoms with Crippen LogP contribution in [0.25, 0.3) is 11.0 Å². The number of benzene rings is 1. The summed E-state index contributed by atoms with van der Waals surface area (Å²) in [5.74, 6) is 0.838. The van der Waals surface area contributed by atoms with E-state index in [9.17, 15) is 4.79 Å². The van der Waals surface area contributed by atoms with Gasteiger partial charge in [0.05, 0.1) is 11.0 Å². The molecule has 6 heteroatoms. The standard InChI is InChI=1S/C15H21N5O/c1-15(2,3)20-12(21)8-9-17-14-13(16)18-10-6-4-5-7-11(10)19-14/h4-7H,8-9H2,1-3H3,(H2,16,18)(H,17,19)(H,20,21). The predicted molar refractivity (Wildman–Crippen MR) is 85.0 cm³/mol. The Labute approximate surface area is 124 Å². The summed E-state index contributed by atoms with van der Waals surface area (Å²) in [6.07, 6.45) is 0.352. The van der Waals surface area contributed by atoms with E-state index in [-0.39, 0.29) is 11.4 Å². The van der Waals surface area contributed by atoms with E-state index in [2.05, 4.69) is 20.6 Å². The maximum Gasteiger partial charge on any atom is 0.222 e. The van der Waals surface area contributed by atoms with Crippen LogP contribution < -0.4 is 16.4 Å². The van der Waals surface area contributed by atoms with Crippen molar-refractivity contribution in [3.63, 3.8) is 0 Å². The molecule has 0 saturated carbocycles. The Kier molecular flexibility index (Phi) is 4.26. The lowest BCUT2D eigenvalue weighted by atomic mass is 10.1. The summed E-state index contributed by atoms with van der Waals surface area (Å²) in [6.45, 7) is 6.31. The van der Waals surface area contributed by atoms with Crippen LogP contribution in [0.1, 0.15) is 27.2 Å². The first-order valence-electron chi connectivity index (χ1n) is 6.92. The van der Waals surface area contributed by atoms with Crippen molar-refractivity contribution in [1.29, 1.82) is 0 Å². The van der Waals surface area contributed by atoms with E-state index in [0.29, 0.717) is 24.6 Å². The number of anilines is 2. The van der Waals surface area contributed by atoms with Crippen LogP contribution in [0.15, 0.2) is 24.3 Å². The summed E-state index contributed by atoms with van der Waals surface area (Å²) in [7, 11) is 0. The van der Waals surface area contributed by atoms with E-state index >= 15 is 0 Å². The van der Waals surface area contributed by atoms with Gasteiger partial charge in [-0.2, -0.15) is 0 Å². The topological polar surface area (TPSA) is 92.9 Å². The molecule has 1 aromatic carbocycles. The molecular weight excluding hydrogens is 266 g/mol. The van der Waals surface area contributed by atoms with Crippen LogP contribution in [0.4, 0.5) is 11.6 Å². The van der Waals surface area contributed by atoms with E-state index in [0.717, 1.165) is 11.0 Å². The lowest BCUT2D eigenvalue weighted by Gasteiger charge is -2.20. The highest BCUT2D eigenvalue weighted by Crippen LogP contribution is 2.18. The van der Waals surface area contributed by atoms with Gasteiger partial charge in [-0.05, 0) is 32.9 Å². The van der Waals surface area contributed by atoms with E-state index in [1.807, 2.05) is 45.0 Å². The molecule has 0 aliphatic rings. The number of carbonyl (C=O) groups is 1. The molecular formula is C15H21N5O. The Bertz CT molecular complexity index is 648. The van der Waals surface area contributed by atoms with Gasteiger partial charge in [-0.1, -0.05) is 12.1 Å². The number of rotatable bonds is 4. The largest absolute Gasteiger partial charge is 0.381 e. The van der Waals surface area contributed by atoms with Crippen molar-refractivity contribution in [2.45, 2.75) is 32.7 Å². The molecule has 1 amide bonds. The van der Waals surface area contributed by atoms with Crippen molar-refractivity contribution in [2.24, 2.45) is 0 Å². The molecule has 0 saturated heterocycles. The number of nitrogen functional groups attached to an aromatic ring is 1. The second-order valence-corrected chi connectivity index (χ2v) is 5.92. The third kappa shape index (κ3) is 4.30. The second kappa shape index (κ2) is 5.95. The van der Waals surface area contributed by atoms with Crippen LogP contribution >= 0.6 is 0 Å². The monoisotopic (exact) mass is 287 g/mol. The minimum absolute atomic E-state index is 0.0117. The number of nitrogens with two attached hydrogens (primary N) is 1. The zero-order valence-corrected chi connectivity index (χ0v) is 12.6. The van der Waals surface area contributed by atoms with E-state index in [4.69, 9.17) is 5.73 Å². The number of hydrogen-bond donors (Lipinski definition) is 3. The molecule has 21 heavy (non-hydrogen) atoms. The minimum Gasteiger partial charge on any atom is -0.381 e. The lowest BCUT2D eigenvalue weighted by Crippen LogP contribution is -2.41. The van der Waals surface area contributed by atoms with Gasteiger partial charge in [0.25, 0.3) is 0 Å². The fraction of sp³-hybridized carbons (Fsp3) is 0.400. The van der Waals surface area contributed by atoms with Gasteiger partial charge >= 0.3 is 0 Å². The third-order valence-electron chi connectivity index (χ3n) is 2.76. The summed E-state index contributed by atoms with van der Waals surface area (Å²) in [5, 5.41) is 5.97. The Morgan fingerprint density at radius 2 is 1.81 bits per heavy atom. The first-order chi connectivity index (χ1) is 9.85. The normalized spacial score (nSPS) is 11.4. The van der Waals surface area contributed by atoms with Crippen LogP contribution in [0.3, 0.4) is 0 Å². The highest BCUT2D eigenvalue weighted by molar-refractivity contribution is 5.80. The second-order valence-electron chi connectivity index (χ2n) is 5.92. The number of para-hydroxylation sites is 2. The minimum atomic E-state index is -0.223. The molecule has 112 valence electrons. The first kappa shape index (κ1) is 15.0. The summed E-state index contributed by atoms with van der Waals surface area (Å²) in [6, 6.07) is 7.52. The summed E-state index contributed by atoms with van der Waals surface area (Å²) >= 11 is 0. The molecule has 1 heterocycles. The molecule has 6 nitrogen and oxygen atoms in total. The average molecular weight is 287 g/mol. The summed E-state index contributed by atoms with van der Waals surface area (Å²) in [5.41, 5.74) is 7.17. The zero-order chi connectivity index (χ0) is 15.5. The van der Waals surface area contributed by atoms with Crippen molar-refractivity contribution in [3.05, 3.63) is 24.3 Å². The zero-order valence-electron chi connectivity index (χ0n) is 12.6. The Morgan fingerprint density at radius 1 is 1.19 bits per heavy atom. The van der Waals surface area contributed by atoms with Crippen molar-refractivity contribution in [2.75, 3.05) is 17.6 Å². The smallest absolute Gasteiger partial charge is 0.222 e. The average Bonchev–Trinajstić information content (AvgIpc) is 2.37. The molecule has 0 bridgehead atoms. The number of carbonyl (C=O) groups excluding carboxylic acids is 1. The van der Waals surface area contributed by atoms with Crippen molar-refractivity contribution in [3.8, 4) is 0 Å². The molecule has 2 rings (SSSR count). The highest BCUT2D eigenvalue weighted by atomic mass is 16.1. The van der Waals surface area contributed by atoms with Crippen molar-refractivity contribution < 1.29 is 4.79 Å². The number of amides is 1. The van der Waals surface area contributed by atoms with Crippen LogP contribution in [-0.4, -0.2) is 28.0 Å². The fourth-order valence-electron chi connectivity index (χ4n) is 1.92. The van der Waals surface area contributed by atoms with Gasteiger partial charge in [0.1, 0.15) is 0 Å². The molecule has 0 aliphatic heterocycles. The van der Waals surface area contributed by atoms with Gasteiger partial charge < -0.3 is 16.4 Å². The number of hydrogen-bond acceptors (Lipinski definition) is 5. The van der Waals surface area contributed by atoms with E-state index in [1.165, 1.54) is 0 Å². The van der Waals surface area contributed by atoms with Crippen LogP contribution in [0.2, 0.25) is 0 Å². The SMILES string of the molecule is CC(C)(C)NC(=O)CCNc1nc2ccccc2nc1N. The van der Waals surface area contributed by atoms with E-state index in [1.54, 1.807) is 0 Å². The Hall–Kier alpha value is -2.37. The number of nitrogens with one attached hydrogen (secondary N) is 2. The van der Waals surface area contributed by atoms with Crippen LogP contribution in [0.5, 0.6) is 0 Å². The highest BCUT2D eigenvalue weighted by Gasteiger charge is 2.13. The lowest BCUT2D eigenvalue weighted by molar-refractivity contribution is -0.122. The van der Waals surface area contributed by atoms with Crippen LogP contribution in [-0.2, 0) is 4.79 Å². The summed E-state index contributed by atoms with van der Waals surface area (Å²) < 4.78 is 0. The van der Waals surface area contributed by atoms with Gasteiger partial charge in [-0.15, -0.1) is 0 Å². The van der Waals surface area contributed by atoms with E-state index < -0.39 is 0 Å². The molecule has 0 spiro atoms. The quantitative estimate of drug-likeness (QED) is 0.799. The molecule has 4 N–H and O–H groups in total. The summed E-state index contributed by atoms with van der Waals surface area (Å²) in [4.78, 5) is 20.4. The van der Waals surface area contributed by atoms with Crippen molar-refractivity contribution in [1.82, 2.24) is 15.3 Å². The first-order valence-corrected chi connectivity index (χ1v) is 6.92. The maximum absolute atomic E-state index is 11.7. The predicted octanol–water partition coefficient (Wildman–Crippen LogP) is 1.93. The van der Waals surface area contributed by atoms with Gasteiger partial charge in [0.15, 0.2) is 11.6 Å². The fourth-order valence-corrected chi connectivity index (χ4v) is 1.92. The van der Waals surface area contributed by atoms with Gasteiger partial charge in [0.2, 0.25) is 5.91 Å². The van der Waals surface area contributed by atoms with Crippen molar-refractivity contribution >= 4 is 28.6 Å². The number of aromatic nitrogens is 2. The molecule has 0 radical (unpaired) electrons. The third-order valence-corrected chi connectivity index (χ3v) is 2.76. The van der Waals surface area contributed by atoms with Gasteiger partial charge in [0, 0.05) is 18.5 Å². The van der Waals surface area contributed by atoms with Crippen LogP contribution in [0, 0.1) is 0 Å². The molecule has 0 atom stereocenters. The Morgan fingerprint density at radius 3 is 2.43 bits per heavy atom. The maximum atomic E-state index is 11.7.